The smallest absolute Gasteiger partial charge is 0.387 e. The number of aryl methyl sites for hydroxylation is 1. The van der Waals surface area contributed by atoms with Gasteiger partial charge in [-0.15, -0.1) is 0 Å². The summed E-state index contributed by atoms with van der Waals surface area (Å²) in [6.07, 6.45) is 0. The average molecular weight is 482 g/mol. The van der Waals surface area contributed by atoms with E-state index in [0.717, 1.165) is 22.0 Å². The number of carbonyl (C=O) groups excluding carboxylic acids is 3. The van der Waals surface area contributed by atoms with Gasteiger partial charge in [-0.1, -0.05) is 15.9 Å². The second kappa shape index (κ2) is 9.04. The van der Waals surface area contributed by atoms with E-state index in [1.54, 1.807) is 25.1 Å². The van der Waals surface area contributed by atoms with E-state index in [-0.39, 0.29) is 17.1 Å². The molecule has 3 rings (SSSR count). The Bertz CT molecular complexity index is 1110. The molecule has 2 amide bonds. The molecule has 156 valence electrons. The quantitative estimate of drug-likeness (QED) is 0.529. The summed E-state index contributed by atoms with van der Waals surface area (Å²) in [5.74, 6) is -2.68. The van der Waals surface area contributed by atoms with Gasteiger partial charge in [0.25, 0.3) is 11.8 Å². The number of rotatable bonds is 6. The molecule has 1 aromatic heterocycles. The van der Waals surface area contributed by atoms with E-state index in [4.69, 9.17) is 9.15 Å². The predicted octanol–water partition coefficient (Wildman–Crippen LogP) is 4.22. The number of amides is 2. The molecule has 0 atom stereocenters. The van der Waals surface area contributed by atoms with E-state index >= 15 is 0 Å². The molecule has 0 saturated carbocycles. The van der Waals surface area contributed by atoms with Crippen LogP contribution in [0.2, 0.25) is 0 Å². The Morgan fingerprint density at radius 3 is 2.50 bits per heavy atom. The number of nitrogens with one attached hydrogen (secondary N) is 1. The number of furan rings is 1. The zero-order chi connectivity index (χ0) is 21.8. The summed E-state index contributed by atoms with van der Waals surface area (Å²) >= 11 is 3.34. The lowest BCUT2D eigenvalue weighted by Crippen LogP contribution is -2.34. The van der Waals surface area contributed by atoms with Crippen molar-refractivity contribution in [2.75, 3.05) is 6.61 Å². The van der Waals surface area contributed by atoms with Crippen molar-refractivity contribution in [1.82, 2.24) is 5.32 Å². The third-order valence-corrected chi connectivity index (χ3v) is 4.51. The average Bonchev–Trinajstić information content (AvgIpc) is 3.02. The molecule has 0 unspecified atom stereocenters. The molecular weight excluding hydrogens is 468 g/mol. The molecule has 1 N–H and O–H groups in total. The van der Waals surface area contributed by atoms with Gasteiger partial charge in [0.2, 0.25) is 5.76 Å². The molecule has 3 aromatic rings. The number of halogens is 3. The predicted molar refractivity (Wildman–Crippen MR) is 104 cm³/mol. The van der Waals surface area contributed by atoms with E-state index in [1.165, 1.54) is 12.1 Å². The highest BCUT2D eigenvalue weighted by Gasteiger charge is 2.21. The Kier molecular flexibility index (Phi) is 6.46. The number of fused-ring (bicyclic) bond motifs is 1. The second-order valence-corrected chi connectivity index (χ2v) is 6.97. The Balaban J connectivity index is 1.57. The molecule has 7 nitrogen and oxygen atoms in total. The van der Waals surface area contributed by atoms with E-state index in [0.29, 0.717) is 11.1 Å². The Morgan fingerprint density at radius 2 is 1.83 bits per heavy atom. The van der Waals surface area contributed by atoms with Crippen LogP contribution in [0.25, 0.3) is 11.0 Å². The van der Waals surface area contributed by atoms with E-state index in [1.807, 2.05) is 5.32 Å². The van der Waals surface area contributed by atoms with Gasteiger partial charge >= 0.3 is 12.6 Å². The third-order valence-electron chi connectivity index (χ3n) is 4.01. The molecule has 0 saturated heterocycles. The minimum Gasteiger partial charge on any atom is -0.450 e. The Hall–Kier alpha value is -3.27. The molecule has 1 heterocycles. The van der Waals surface area contributed by atoms with Gasteiger partial charge in [0.15, 0.2) is 6.61 Å². The summed E-state index contributed by atoms with van der Waals surface area (Å²) in [5, 5.41) is 2.75. The van der Waals surface area contributed by atoms with Crippen molar-refractivity contribution in [2.45, 2.75) is 13.5 Å². The van der Waals surface area contributed by atoms with Crippen LogP contribution in [-0.4, -0.2) is 31.0 Å². The van der Waals surface area contributed by atoms with Crippen LogP contribution >= 0.6 is 15.9 Å². The fourth-order valence-electron chi connectivity index (χ4n) is 2.61. The van der Waals surface area contributed by atoms with Gasteiger partial charge in [-0.2, -0.15) is 8.78 Å². The normalized spacial score (nSPS) is 10.8. The Labute approximate surface area is 177 Å². The third kappa shape index (κ3) is 5.01. The van der Waals surface area contributed by atoms with Crippen molar-refractivity contribution < 1.29 is 37.1 Å². The number of hydrogen-bond acceptors (Lipinski definition) is 6. The Morgan fingerprint density at radius 1 is 1.13 bits per heavy atom. The van der Waals surface area contributed by atoms with Gasteiger partial charge < -0.3 is 13.9 Å². The first-order valence-electron chi connectivity index (χ1n) is 8.49. The zero-order valence-electron chi connectivity index (χ0n) is 15.4. The van der Waals surface area contributed by atoms with Crippen LogP contribution in [0.1, 0.15) is 26.5 Å². The summed E-state index contributed by atoms with van der Waals surface area (Å²) in [6, 6.07) is 9.97. The summed E-state index contributed by atoms with van der Waals surface area (Å²) < 4.78 is 39.6. The molecule has 30 heavy (non-hydrogen) atoms. The molecule has 0 bridgehead atoms. The number of benzene rings is 2. The molecule has 10 heteroatoms. The van der Waals surface area contributed by atoms with Crippen LogP contribution in [-0.2, 0) is 9.53 Å². The summed E-state index contributed by atoms with van der Waals surface area (Å²) in [5.41, 5.74) is 1.08. The SMILES string of the molecule is Cc1c(C(=O)OCC(=O)NC(=O)c2ccc(OC(F)F)cc2)oc2ccc(Br)cc12. The van der Waals surface area contributed by atoms with Crippen molar-refractivity contribution in [1.29, 1.82) is 0 Å². The van der Waals surface area contributed by atoms with Gasteiger partial charge in [-0.05, 0) is 49.4 Å². The molecular formula is C20H14BrF2NO6. The van der Waals surface area contributed by atoms with Crippen molar-refractivity contribution >= 4 is 44.7 Å². The minimum absolute atomic E-state index is 0.0370. The summed E-state index contributed by atoms with van der Waals surface area (Å²) in [4.78, 5) is 36.2. The molecule has 0 radical (unpaired) electrons. The monoisotopic (exact) mass is 481 g/mol. The van der Waals surface area contributed by atoms with Crippen LogP contribution in [0.4, 0.5) is 8.78 Å². The fourth-order valence-corrected chi connectivity index (χ4v) is 2.97. The van der Waals surface area contributed by atoms with E-state index in [9.17, 15) is 23.2 Å². The topological polar surface area (TPSA) is 94.8 Å². The van der Waals surface area contributed by atoms with Crippen molar-refractivity contribution in [2.24, 2.45) is 0 Å². The highest BCUT2D eigenvalue weighted by molar-refractivity contribution is 9.10. The van der Waals surface area contributed by atoms with Crippen molar-refractivity contribution in [3.63, 3.8) is 0 Å². The first-order valence-corrected chi connectivity index (χ1v) is 9.28. The van der Waals surface area contributed by atoms with Gasteiger partial charge in [-0.3, -0.25) is 14.9 Å². The molecule has 0 aliphatic carbocycles. The standard InChI is InChI=1S/C20H14BrF2NO6/c1-10-14-8-12(21)4-7-15(14)30-17(10)19(27)28-9-16(25)24-18(26)11-2-5-13(6-3-11)29-20(22)23/h2-8,20H,9H2,1H3,(H,24,25,26). The lowest BCUT2D eigenvalue weighted by Gasteiger charge is -2.07. The number of ether oxygens (including phenoxy) is 2. The largest absolute Gasteiger partial charge is 0.450 e. The first-order chi connectivity index (χ1) is 14.2. The van der Waals surface area contributed by atoms with Crippen LogP contribution < -0.4 is 10.1 Å². The van der Waals surface area contributed by atoms with Gasteiger partial charge in [-0.25, -0.2) is 4.79 Å². The number of esters is 1. The van der Waals surface area contributed by atoms with Crippen LogP contribution in [0.15, 0.2) is 51.4 Å². The first kappa shape index (κ1) is 21.4. The highest BCUT2D eigenvalue weighted by Crippen LogP contribution is 2.28. The van der Waals surface area contributed by atoms with Crippen LogP contribution in [0.3, 0.4) is 0 Å². The second-order valence-electron chi connectivity index (χ2n) is 6.05. The maximum absolute atomic E-state index is 12.2. The summed E-state index contributed by atoms with van der Waals surface area (Å²) in [7, 11) is 0. The maximum atomic E-state index is 12.2. The molecule has 0 aliphatic rings. The van der Waals surface area contributed by atoms with Gasteiger partial charge in [0, 0.05) is 21.0 Å². The number of carbonyl (C=O) groups is 3. The van der Waals surface area contributed by atoms with Crippen molar-refractivity contribution in [3.05, 3.63) is 63.8 Å². The fraction of sp³-hybridized carbons (Fsp3) is 0.150. The molecule has 0 spiro atoms. The van der Waals surface area contributed by atoms with Crippen LogP contribution in [0.5, 0.6) is 5.75 Å². The van der Waals surface area contributed by atoms with E-state index in [2.05, 4.69) is 20.7 Å². The lowest BCUT2D eigenvalue weighted by molar-refractivity contribution is -0.123. The molecule has 0 fully saturated rings. The van der Waals surface area contributed by atoms with Gasteiger partial charge in [0.05, 0.1) is 0 Å². The van der Waals surface area contributed by atoms with Crippen molar-refractivity contribution in [3.8, 4) is 5.75 Å². The number of imide groups is 1. The minimum atomic E-state index is -2.99. The van der Waals surface area contributed by atoms with Crippen LogP contribution in [0, 0.1) is 6.92 Å². The number of hydrogen-bond donors (Lipinski definition) is 1. The lowest BCUT2D eigenvalue weighted by atomic mass is 10.1. The maximum Gasteiger partial charge on any atom is 0.387 e. The highest BCUT2D eigenvalue weighted by atomic mass is 79.9. The van der Waals surface area contributed by atoms with Gasteiger partial charge in [0.1, 0.15) is 11.3 Å². The number of alkyl halides is 2. The zero-order valence-corrected chi connectivity index (χ0v) is 17.0. The van der Waals surface area contributed by atoms with E-state index < -0.39 is 31.0 Å². The summed E-state index contributed by atoms with van der Waals surface area (Å²) in [6.45, 7) is -2.02. The molecule has 0 aliphatic heterocycles. The molecule has 2 aromatic carbocycles.